The van der Waals surface area contributed by atoms with Crippen LogP contribution in [-0.2, 0) is 6.54 Å². The van der Waals surface area contributed by atoms with Crippen molar-refractivity contribution in [2.45, 2.75) is 13.5 Å². The molecule has 0 saturated carbocycles. The SMILES string of the molecule is Cc1ccc(CN=C(N)NO)cn1. The van der Waals surface area contributed by atoms with Crippen LogP contribution in [-0.4, -0.2) is 16.2 Å². The van der Waals surface area contributed by atoms with E-state index in [0.717, 1.165) is 11.3 Å². The van der Waals surface area contributed by atoms with Crippen LogP contribution in [0.2, 0.25) is 0 Å². The maximum absolute atomic E-state index is 8.34. The Bertz CT molecular complexity index is 294. The Labute approximate surface area is 76.3 Å². The van der Waals surface area contributed by atoms with Crippen molar-refractivity contribution < 1.29 is 5.21 Å². The molecule has 0 atom stereocenters. The van der Waals surface area contributed by atoms with Crippen molar-refractivity contribution in [2.75, 3.05) is 0 Å². The normalized spacial score (nSPS) is 11.4. The molecule has 0 saturated heterocycles. The van der Waals surface area contributed by atoms with E-state index < -0.39 is 0 Å². The van der Waals surface area contributed by atoms with Gasteiger partial charge in [-0.2, -0.15) is 0 Å². The Morgan fingerprint density at radius 3 is 3.00 bits per heavy atom. The van der Waals surface area contributed by atoms with Crippen molar-refractivity contribution in [2.24, 2.45) is 10.7 Å². The number of nitrogens with two attached hydrogens (primary N) is 1. The molecule has 0 spiro atoms. The lowest BCUT2D eigenvalue weighted by Crippen LogP contribution is -2.28. The summed E-state index contributed by atoms with van der Waals surface area (Å²) < 4.78 is 0. The van der Waals surface area contributed by atoms with E-state index in [0.29, 0.717) is 6.54 Å². The van der Waals surface area contributed by atoms with Crippen LogP contribution < -0.4 is 11.2 Å². The van der Waals surface area contributed by atoms with E-state index >= 15 is 0 Å². The summed E-state index contributed by atoms with van der Waals surface area (Å²) in [6.07, 6.45) is 1.73. The number of guanidine groups is 1. The second-order valence-electron chi connectivity index (χ2n) is 2.62. The highest BCUT2D eigenvalue weighted by Gasteiger charge is 1.92. The summed E-state index contributed by atoms with van der Waals surface area (Å²) in [5.41, 5.74) is 8.88. The van der Waals surface area contributed by atoms with E-state index in [1.165, 1.54) is 0 Å². The van der Waals surface area contributed by atoms with E-state index in [2.05, 4.69) is 9.98 Å². The Kier molecular flexibility index (Phi) is 3.22. The maximum atomic E-state index is 8.34. The van der Waals surface area contributed by atoms with Gasteiger partial charge >= 0.3 is 0 Å². The van der Waals surface area contributed by atoms with Gasteiger partial charge in [-0.05, 0) is 18.6 Å². The van der Waals surface area contributed by atoms with E-state index in [-0.39, 0.29) is 5.96 Å². The van der Waals surface area contributed by atoms with Crippen LogP contribution >= 0.6 is 0 Å². The lowest BCUT2D eigenvalue weighted by Gasteiger charge is -1.98. The number of hydrogen-bond donors (Lipinski definition) is 3. The van der Waals surface area contributed by atoms with Crippen molar-refractivity contribution >= 4 is 5.96 Å². The number of aliphatic imine (C=N–C) groups is 1. The lowest BCUT2D eigenvalue weighted by atomic mass is 10.2. The molecule has 0 fully saturated rings. The van der Waals surface area contributed by atoms with Crippen LogP contribution in [0.3, 0.4) is 0 Å². The highest BCUT2D eigenvalue weighted by atomic mass is 16.5. The minimum absolute atomic E-state index is 0.000532. The zero-order valence-electron chi connectivity index (χ0n) is 7.36. The van der Waals surface area contributed by atoms with Gasteiger partial charge in [0, 0.05) is 11.9 Å². The second-order valence-corrected chi connectivity index (χ2v) is 2.62. The molecule has 0 radical (unpaired) electrons. The number of hydrogen-bond acceptors (Lipinski definition) is 3. The van der Waals surface area contributed by atoms with Crippen LogP contribution in [0.1, 0.15) is 11.3 Å². The molecular formula is C8H12N4O. The first-order chi connectivity index (χ1) is 6.22. The molecule has 0 unspecified atom stereocenters. The smallest absolute Gasteiger partial charge is 0.213 e. The number of aromatic nitrogens is 1. The molecule has 1 aromatic heterocycles. The predicted molar refractivity (Wildman–Crippen MR) is 49.2 cm³/mol. The summed E-state index contributed by atoms with van der Waals surface area (Å²) in [6.45, 7) is 2.32. The Balaban J connectivity index is 2.60. The maximum Gasteiger partial charge on any atom is 0.213 e. The molecule has 0 amide bonds. The first-order valence-corrected chi connectivity index (χ1v) is 3.84. The average Bonchev–Trinajstić information content (AvgIpc) is 2.16. The van der Waals surface area contributed by atoms with Gasteiger partial charge in [-0.25, -0.2) is 10.5 Å². The molecule has 5 heteroatoms. The minimum atomic E-state index is 0.000532. The zero-order valence-corrected chi connectivity index (χ0v) is 7.36. The van der Waals surface area contributed by atoms with Crippen LogP contribution in [0.15, 0.2) is 23.3 Å². The third-order valence-electron chi connectivity index (χ3n) is 1.52. The van der Waals surface area contributed by atoms with Crippen LogP contribution in [0, 0.1) is 6.92 Å². The third-order valence-corrected chi connectivity index (χ3v) is 1.52. The molecule has 70 valence electrons. The van der Waals surface area contributed by atoms with E-state index in [1.54, 1.807) is 11.7 Å². The predicted octanol–water partition coefficient (Wildman–Crippen LogP) is 0.184. The standard InChI is InChI=1S/C8H12N4O/c1-6-2-3-7(4-10-6)5-11-8(9)12-13/h2-4,13H,5H2,1H3,(H3,9,11,12). The number of aryl methyl sites for hydroxylation is 1. The number of pyridine rings is 1. The van der Waals surface area contributed by atoms with Crippen LogP contribution in [0.25, 0.3) is 0 Å². The summed E-state index contributed by atoms with van der Waals surface area (Å²) in [6, 6.07) is 3.81. The molecule has 4 N–H and O–H groups in total. The van der Waals surface area contributed by atoms with Crippen molar-refractivity contribution in [1.29, 1.82) is 0 Å². The zero-order chi connectivity index (χ0) is 9.68. The summed E-state index contributed by atoms with van der Waals surface area (Å²) in [5.74, 6) is 0.000532. The molecule has 0 aliphatic heterocycles. The highest BCUT2D eigenvalue weighted by molar-refractivity contribution is 5.76. The van der Waals surface area contributed by atoms with Gasteiger partial charge in [0.25, 0.3) is 0 Å². The Hall–Kier alpha value is -1.62. The monoisotopic (exact) mass is 180 g/mol. The van der Waals surface area contributed by atoms with Gasteiger partial charge in [0.1, 0.15) is 0 Å². The Morgan fingerprint density at radius 2 is 2.46 bits per heavy atom. The summed E-state index contributed by atoms with van der Waals surface area (Å²) in [4.78, 5) is 7.93. The number of nitrogens with one attached hydrogen (secondary N) is 1. The third kappa shape index (κ3) is 3.08. The van der Waals surface area contributed by atoms with Gasteiger partial charge in [-0.15, -0.1) is 0 Å². The average molecular weight is 180 g/mol. The first kappa shape index (κ1) is 9.47. The fourth-order valence-electron chi connectivity index (χ4n) is 0.804. The molecule has 5 nitrogen and oxygen atoms in total. The summed E-state index contributed by atoms with van der Waals surface area (Å²) in [7, 11) is 0. The molecule has 1 rings (SSSR count). The summed E-state index contributed by atoms with van der Waals surface area (Å²) >= 11 is 0. The van der Waals surface area contributed by atoms with E-state index in [4.69, 9.17) is 10.9 Å². The summed E-state index contributed by atoms with van der Waals surface area (Å²) in [5, 5.41) is 8.34. The quantitative estimate of drug-likeness (QED) is 0.344. The first-order valence-electron chi connectivity index (χ1n) is 3.84. The number of rotatable bonds is 2. The molecule has 0 aromatic carbocycles. The second kappa shape index (κ2) is 4.42. The van der Waals surface area contributed by atoms with Crippen LogP contribution in [0.4, 0.5) is 0 Å². The molecule has 1 aromatic rings. The number of hydroxylamine groups is 1. The number of nitrogens with zero attached hydrogens (tertiary/aromatic N) is 2. The van der Waals surface area contributed by atoms with Gasteiger partial charge < -0.3 is 5.73 Å². The van der Waals surface area contributed by atoms with E-state index in [9.17, 15) is 0 Å². The Morgan fingerprint density at radius 1 is 1.69 bits per heavy atom. The van der Waals surface area contributed by atoms with Crippen molar-refractivity contribution in [3.8, 4) is 0 Å². The van der Waals surface area contributed by atoms with Gasteiger partial charge in [-0.3, -0.25) is 10.2 Å². The van der Waals surface area contributed by atoms with Gasteiger partial charge in [0.05, 0.1) is 6.54 Å². The largest absolute Gasteiger partial charge is 0.368 e. The van der Waals surface area contributed by atoms with Gasteiger partial charge in [-0.1, -0.05) is 6.07 Å². The van der Waals surface area contributed by atoms with Crippen molar-refractivity contribution in [3.63, 3.8) is 0 Å². The molecule has 13 heavy (non-hydrogen) atoms. The fraction of sp³-hybridized carbons (Fsp3) is 0.250. The molecule has 0 aliphatic rings. The molecule has 0 bridgehead atoms. The van der Waals surface area contributed by atoms with Gasteiger partial charge in [0.15, 0.2) is 0 Å². The minimum Gasteiger partial charge on any atom is -0.368 e. The molecular weight excluding hydrogens is 168 g/mol. The highest BCUT2D eigenvalue weighted by Crippen LogP contribution is 2.00. The topological polar surface area (TPSA) is 83.5 Å². The van der Waals surface area contributed by atoms with Gasteiger partial charge in [0.2, 0.25) is 5.96 Å². The van der Waals surface area contributed by atoms with Crippen molar-refractivity contribution in [3.05, 3.63) is 29.6 Å². The molecule has 0 aliphatic carbocycles. The fourth-order valence-corrected chi connectivity index (χ4v) is 0.804. The van der Waals surface area contributed by atoms with Crippen molar-refractivity contribution in [1.82, 2.24) is 10.5 Å². The molecule has 1 heterocycles. The lowest BCUT2D eigenvalue weighted by molar-refractivity contribution is 0.232. The van der Waals surface area contributed by atoms with E-state index in [1.807, 2.05) is 19.1 Å². The van der Waals surface area contributed by atoms with Crippen LogP contribution in [0.5, 0.6) is 0 Å².